The predicted octanol–water partition coefficient (Wildman–Crippen LogP) is 2.56. The standard InChI is InChI=1S/C16H19F2NO4/c1-19(12-7-8-22-10-12)15(20)6-4-11-3-5-13(23-16(17)18)14(9-11)21-2/h3-6,9,12,16H,7-8,10H2,1-2H3. The van der Waals surface area contributed by atoms with Gasteiger partial charge < -0.3 is 19.1 Å². The van der Waals surface area contributed by atoms with Crippen LogP contribution in [0.15, 0.2) is 24.3 Å². The van der Waals surface area contributed by atoms with Gasteiger partial charge in [0.15, 0.2) is 11.5 Å². The maximum absolute atomic E-state index is 12.3. The number of hydrogen-bond acceptors (Lipinski definition) is 4. The Morgan fingerprint density at radius 2 is 2.22 bits per heavy atom. The lowest BCUT2D eigenvalue weighted by atomic mass is 10.1. The van der Waals surface area contributed by atoms with Crippen molar-refractivity contribution in [2.45, 2.75) is 19.1 Å². The summed E-state index contributed by atoms with van der Waals surface area (Å²) in [5.41, 5.74) is 0.646. The topological polar surface area (TPSA) is 48.0 Å². The maximum atomic E-state index is 12.3. The molecule has 5 nitrogen and oxygen atoms in total. The number of halogens is 2. The van der Waals surface area contributed by atoms with Gasteiger partial charge >= 0.3 is 6.61 Å². The fraction of sp³-hybridized carbons (Fsp3) is 0.438. The zero-order chi connectivity index (χ0) is 16.8. The molecule has 0 bridgehead atoms. The Hall–Kier alpha value is -2.15. The Morgan fingerprint density at radius 3 is 2.83 bits per heavy atom. The molecule has 1 aliphatic heterocycles. The van der Waals surface area contributed by atoms with Crippen molar-refractivity contribution in [2.24, 2.45) is 0 Å². The van der Waals surface area contributed by atoms with E-state index in [4.69, 9.17) is 9.47 Å². The lowest BCUT2D eigenvalue weighted by Crippen LogP contribution is -2.36. The molecular weight excluding hydrogens is 308 g/mol. The monoisotopic (exact) mass is 327 g/mol. The molecule has 1 aliphatic rings. The van der Waals surface area contributed by atoms with Crippen molar-refractivity contribution in [3.63, 3.8) is 0 Å². The third-order valence-corrected chi connectivity index (χ3v) is 3.62. The lowest BCUT2D eigenvalue weighted by molar-refractivity contribution is -0.126. The molecule has 1 atom stereocenters. The number of methoxy groups -OCH3 is 1. The zero-order valence-corrected chi connectivity index (χ0v) is 13.0. The van der Waals surface area contributed by atoms with Crippen LogP contribution in [-0.4, -0.2) is 50.8 Å². The van der Waals surface area contributed by atoms with Gasteiger partial charge in [-0.1, -0.05) is 6.07 Å². The van der Waals surface area contributed by atoms with Crippen LogP contribution in [0.1, 0.15) is 12.0 Å². The highest BCUT2D eigenvalue weighted by Crippen LogP contribution is 2.29. The van der Waals surface area contributed by atoms with Crippen LogP contribution in [0.2, 0.25) is 0 Å². The van der Waals surface area contributed by atoms with Crippen LogP contribution in [0.25, 0.3) is 6.08 Å². The normalized spacial score (nSPS) is 17.7. The summed E-state index contributed by atoms with van der Waals surface area (Å²) in [6.07, 6.45) is 3.85. The quantitative estimate of drug-likeness (QED) is 0.754. The molecule has 1 heterocycles. The minimum Gasteiger partial charge on any atom is -0.493 e. The van der Waals surface area contributed by atoms with E-state index >= 15 is 0 Å². The van der Waals surface area contributed by atoms with Gasteiger partial charge in [-0.25, -0.2) is 0 Å². The van der Waals surface area contributed by atoms with Gasteiger partial charge in [-0.15, -0.1) is 0 Å². The molecule has 0 aromatic heterocycles. The van der Waals surface area contributed by atoms with E-state index in [-0.39, 0.29) is 23.4 Å². The highest BCUT2D eigenvalue weighted by atomic mass is 19.3. The van der Waals surface area contributed by atoms with Crippen LogP contribution in [0, 0.1) is 0 Å². The summed E-state index contributed by atoms with van der Waals surface area (Å²) >= 11 is 0. The number of carbonyl (C=O) groups is 1. The van der Waals surface area contributed by atoms with Crippen LogP contribution >= 0.6 is 0 Å². The third kappa shape index (κ3) is 4.66. The second-order valence-corrected chi connectivity index (χ2v) is 5.09. The Kier molecular flexibility index (Phi) is 5.92. The first-order valence-electron chi connectivity index (χ1n) is 7.16. The molecule has 1 aromatic rings. The Morgan fingerprint density at radius 1 is 1.43 bits per heavy atom. The molecule has 0 N–H and O–H groups in total. The van der Waals surface area contributed by atoms with Gasteiger partial charge in [0.2, 0.25) is 5.91 Å². The summed E-state index contributed by atoms with van der Waals surface area (Å²) in [4.78, 5) is 13.7. The van der Waals surface area contributed by atoms with Crippen molar-refractivity contribution >= 4 is 12.0 Å². The van der Waals surface area contributed by atoms with E-state index in [2.05, 4.69) is 4.74 Å². The molecule has 23 heavy (non-hydrogen) atoms. The SMILES string of the molecule is COc1cc(C=CC(=O)N(C)C2CCOC2)ccc1OC(F)F. The number of carbonyl (C=O) groups excluding carboxylic acids is 1. The first-order valence-corrected chi connectivity index (χ1v) is 7.16. The van der Waals surface area contributed by atoms with Crippen molar-refractivity contribution in [1.82, 2.24) is 4.90 Å². The van der Waals surface area contributed by atoms with Crippen molar-refractivity contribution in [3.05, 3.63) is 29.8 Å². The van der Waals surface area contributed by atoms with E-state index < -0.39 is 6.61 Å². The van der Waals surface area contributed by atoms with Crippen LogP contribution in [0.3, 0.4) is 0 Å². The number of likely N-dealkylation sites (N-methyl/N-ethyl adjacent to an activating group) is 1. The number of amides is 1. The minimum atomic E-state index is -2.92. The van der Waals surface area contributed by atoms with Gasteiger partial charge in [-0.3, -0.25) is 4.79 Å². The average Bonchev–Trinajstić information content (AvgIpc) is 3.06. The summed E-state index contributed by atoms with van der Waals surface area (Å²) in [5.74, 6) is -0.0176. The Bertz CT molecular complexity index is 571. The molecule has 0 radical (unpaired) electrons. The molecule has 0 saturated carbocycles. The fourth-order valence-corrected chi connectivity index (χ4v) is 2.27. The van der Waals surface area contributed by atoms with Gasteiger partial charge in [0.1, 0.15) is 0 Å². The second kappa shape index (κ2) is 7.92. The first-order chi connectivity index (χ1) is 11.0. The molecule has 0 spiro atoms. The van der Waals surface area contributed by atoms with E-state index in [1.54, 1.807) is 24.1 Å². The van der Waals surface area contributed by atoms with Crippen molar-refractivity contribution in [3.8, 4) is 11.5 Å². The molecule has 1 fully saturated rings. The van der Waals surface area contributed by atoms with Crippen molar-refractivity contribution in [1.29, 1.82) is 0 Å². The summed E-state index contributed by atoms with van der Waals surface area (Å²) < 4.78 is 39.2. The molecule has 0 aliphatic carbocycles. The van der Waals surface area contributed by atoms with E-state index in [1.165, 1.54) is 25.3 Å². The number of rotatable bonds is 6. The molecule has 1 amide bonds. The number of hydrogen-bond donors (Lipinski definition) is 0. The molecule has 1 saturated heterocycles. The van der Waals surface area contributed by atoms with E-state index in [1.807, 2.05) is 0 Å². The summed E-state index contributed by atoms with van der Waals surface area (Å²) in [7, 11) is 3.09. The Balaban J connectivity index is 2.05. The van der Waals surface area contributed by atoms with Crippen LogP contribution in [0.5, 0.6) is 11.5 Å². The number of benzene rings is 1. The highest BCUT2D eigenvalue weighted by molar-refractivity contribution is 5.91. The van der Waals surface area contributed by atoms with Crippen LogP contribution < -0.4 is 9.47 Å². The number of ether oxygens (including phenoxy) is 3. The first kappa shape index (κ1) is 17.2. The Labute approximate surface area is 133 Å². The van der Waals surface area contributed by atoms with Crippen molar-refractivity contribution in [2.75, 3.05) is 27.4 Å². The van der Waals surface area contributed by atoms with Crippen molar-refractivity contribution < 1.29 is 27.8 Å². The summed E-state index contributed by atoms with van der Waals surface area (Å²) in [6.45, 7) is -1.72. The second-order valence-electron chi connectivity index (χ2n) is 5.09. The third-order valence-electron chi connectivity index (χ3n) is 3.62. The maximum Gasteiger partial charge on any atom is 0.387 e. The van der Waals surface area contributed by atoms with E-state index in [9.17, 15) is 13.6 Å². The smallest absolute Gasteiger partial charge is 0.387 e. The van der Waals surface area contributed by atoms with Gasteiger partial charge in [0, 0.05) is 19.7 Å². The molecule has 1 unspecified atom stereocenters. The van der Waals surface area contributed by atoms with Crippen LogP contribution in [-0.2, 0) is 9.53 Å². The van der Waals surface area contributed by atoms with Gasteiger partial charge in [-0.2, -0.15) is 8.78 Å². The average molecular weight is 327 g/mol. The largest absolute Gasteiger partial charge is 0.493 e. The molecule has 7 heteroatoms. The van der Waals surface area contributed by atoms with Gasteiger partial charge in [0.25, 0.3) is 0 Å². The van der Waals surface area contributed by atoms with Crippen LogP contribution in [0.4, 0.5) is 8.78 Å². The summed E-state index contributed by atoms with van der Waals surface area (Å²) in [5, 5.41) is 0. The summed E-state index contributed by atoms with van der Waals surface area (Å²) in [6, 6.07) is 4.57. The fourth-order valence-electron chi connectivity index (χ4n) is 2.27. The van der Waals surface area contributed by atoms with Gasteiger partial charge in [0.05, 0.1) is 19.8 Å². The van der Waals surface area contributed by atoms with Gasteiger partial charge in [-0.05, 0) is 30.2 Å². The number of nitrogens with zero attached hydrogens (tertiary/aromatic N) is 1. The number of alkyl halides is 2. The molecule has 126 valence electrons. The zero-order valence-electron chi connectivity index (χ0n) is 13.0. The predicted molar refractivity (Wildman–Crippen MR) is 80.7 cm³/mol. The van der Waals surface area contributed by atoms with E-state index in [0.717, 1.165) is 6.42 Å². The minimum absolute atomic E-state index is 0.0498. The molecule has 1 aromatic carbocycles. The lowest BCUT2D eigenvalue weighted by Gasteiger charge is -2.21. The molecule has 2 rings (SSSR count). The molecular formula is C16H19F2NO4. The van der Waals surface area contributed by atoms with E-state index in [0.29, 0.717) is 18.8 Å². The highest BCUT2D eigenvalue weighted by Gasteiger charge is 2.22.